The number of hydrogen-bond donors (Lipinski definition) is 0. The molecular formula is C50H106N6O6. The lowest BCUT2D eigenvalue weighted by Gasteiger charge is -2.35. The van der Waals surface area contributed by atoms with Gasteiger partial charge in [0.05, 0.1) is 13.2 Å². The maximum atomic E-state index is 11.7. The molecule has 0 atom stereocenters. The van der Waals surface area contributed by atoms with Gasteiger partial charge in [0.15, 0.2) is 0 Å². The first kappa shape index (κ1) is 68.3. The zero-order valence-electron chi connectivity index (χ0n) is 39.4. The highest BCUT2D eigenvalue weighted by Gasteiger charge is 2.31. The number of rotatable bonds is 1. The monoisotopic (exact) mass is 887 g/mol. The summed E-state index contributed by atoms with van der Waals surface area (Å²) in [5.74, 6) is 1.57. The van der Waals surface area contributed by atoms with Gasteiger partial charge in [0.2, 0.25) is 29.5 Å². The number of likely N-dealkylation sites (N-methyl/N-ethyl adjacent to an activating group) is 1. The van der Waals surface area contributed by atoms with E-state index < -0.39 is 0 Å². The van der Waals surface area contributed by atoms with Crippen molar-refractivity contribution < 1.29 is 28.7 Å². The first-order valence-electron chi connectivity index (χ1n) is 21.9. The Bertz CT molecular complexity index is 1190. The molecular weight excluding hydrogens is 781 g/mol. The Morgan fingerprint density at radius 1 is 0.371 bits per heavy atom. The molecule has 0 N–H and O–H groups in total. The van der Waals surface area contributed by atoms with Crippen molar-refractivity contribution in [1.82, 2.24) is 29.4 Å². The third-order valence-electron chi connectivity index (χ3n) is 10.4. The minimum atomic E-state index is -0.253. The largest absolute Gasteiger partial charge is 0.378 e. The molecule has 62 heavy (non-hydrogen) atoms. The minimum Gasteiger partial charge on any atom is -0.378 e. The van der Waals surface area contributed by atoms with E-state index in [-0.39, 0.29) is 70.6 Å². The van der Waals surface area contributed by atoms with Crippen molar-refractivity contribution in [3.05, 3.63) is 0 Å². The van der Waals surface area contributed by atoms with Gasteiger partial charge in [-0.15, -0.1) is 0 Å². The lowest BCUT2D eigenvalue weighted by atomic mass is 9.93. The number of nitrogens with zero attached hydrogens (tertiary/aromatic N) is 6. The normalized spacial score (nSPS) is 17.8. The molecule has 5 heterocycles. The first-order valence-corrected chi connectivity index (χ1v) is 21.9. The van der Waals surface area contributed by atoms with Gasteiger partial charge in [-0.1, -0.05) is 134 Å². The lowest BCUT2D eigenvalue weighted by molar-refractivity contribution is -0.144. The van der Waals surface area contributed by atoms with E-state index in [0.29, 0.717) is 36.8 Å². The summed E-state index contributed by atoms with van der Waals surface area (Å²) in [6.45, 7) is 40.1. The van der Waals surface area contributed by atoms with Gasteiger partial charge in [-0.3, -0.25) is 24.0 Å². The highest BCUT2D eigenvalue weighted by molar-refractivity contribution is 5.83. The molecule has 5 aliphatic heterocycles. The van der Waals surface area contributed by atoms with Crippen LogP contribution in [0.3, 0.4) is 0 Å². The number of likely N-dealkylation sites (tertiary alicyclic amines) is 3. The van der Waals surface area contributed by atoms with Gasteiger partial charge < -0.3 is 34.1 Å². The molecule has 5 amide bonds. The number of amides is 5. The van der Waals surface area contributed by atoms with Gasteiger partial charge in [-0.25, -0.2) is 0 Å². The molecule has 0 saturated carbocycles. The molecule has 5 saturated heterocycles. The lowest BCUT2D eigenvalue weighted by Crippen LogP contribution is -2.48. The molecule has 0 spiro atoms. The summed E-state index contributed by atoms with van der Waals surface area (Å²) in [6, 6.07) is 0. The SMILES string of the molecule is C.C.C.C.C.CC(C)(C)C(=O)N1CCC1.CC(C)(C)C(=O)N1CCCC1.CC(C)(C)C(=O)N1CCCCC1.CC(C)(C)C(=O)N1CCOCC1.CC(C)C(=O)N1CCN(C)CC1. The Labute approximate surface area is 385 Å². The van der Waals surface area contributed by atoms with Gasteiger partial charge in [0.1, 0.15) is 0 Å². The highest BCUT2D eigenvalue weighted by Crippen LogP contribution is 2.23. The number of piperidine rings is 1. The van der Waals surface area contributed by atoms with Gasteiger partial charge >= 0.3 is 0 Å². The fraction of sp³-hybridized carbons (Fsp3) is 0.900. The van der Waals surface area contributed by atoms with Crippen molar-refractivity contribution in [2.75, 3.05) is 98.8 Å². The van der Waals surface area contributed by atoms with Crippen LogP contribution in [0.15, 0.2) is 0 Å². The Morgan fingerprint density at radius 3 is 0.871 bits per heavy atom. The number of carbonyl (C=O) groups excluding carboxylic acids is 5. The van der Waals surface area contributed by atoms with Crippen LogP contribution in [0.25, 0.3) is 0 Å². The molecule has 5 aliphatic rings. The number of piperazine rings is 1. The summed E-state index contributed by atoms with van der Waals surface area (Å²) in [5, 5.41) is 0. The van der Waals surface area contributed by atoms with Crippen molar-refractivity contribution in [3.63, 3.8) is 0 Å². The minimum absolute atomic E-state index is 0. The maximum absolute atomic E-state index is 11.7. The molecule has 0 aromatic rings. The topological polar surface area (TPSA) is 114 Å². The Hall–Kier alpha value is -2.73. The molecule has 12 nitrogen and oxygen atoms in total. The van der Waals surface area contributed by atoms with Crippen LogP contribution in [0.1, 0.15) is 173 Å². The zero-order valence-corrected chi connectivity index (χ0v) is 39.4. The molecule has 12 heteroatoms. The van der Waals surface area contributed by atoms with E-state index in [4.69, 9.17) is 4.74 Å². The van der Waals surface area contributed by atoms with E-state index in [1.165, 1.54) is 38.5 Å². The van der Waals surface area contributed by atoms with Crippen LogP contribution in [-0.2, 0) is 28.7 Å². The second-order valence-electron chi connectivity index (χ2n) is 20.7. The Balaban J connectivity index is -0.000000214. The summed E-state index contributed by atoms with van der Waals surface area (Å²) in [5.41, 5.74) is -0.820. The predicted molar refractivity (Wildman–Crippen MR) is 265 cm³/mol. The molecule has 0 radical (unpaired) electrons. The van der Waals surface area contributed by atoms with E-state index >= 15 is 0 Å². The number of morpholine rings is 1. The van der Waals surface area contributed by atoms with E-state index in [1.54, 1.807) is 0 Å². The third-order valence-corrected chi connectivity index (χ3v) is 10.4. The second kappa shape index (κ2) is 31.2. The van der Waals surface area contributed by atoms with Crippen LogP contribution in [0.4, 0.5) is 0 Å². The molecule has 0 aromatic carbocycles. The number of hydrogen-bond acceptors (Lipinski definition) is 7. The highest BCUT2D eigenvalue weighted by atomic mass is 16.5. The molecule has 0 unspecified atom stereocenters. The maximum Gasteiger partial charge on any atom is 0.228 e. The Kier molecular flexibility index (Phi) is 34.4. The molecule has 5 rings (SSSR count). The number of ether oxygens (including phenoxy) is 1. The smallest absolute Gasteiger partial charge is 0.228 e. The average Bonchev–Trinajstić information content (AvgIpc) is 3.65. The zero-order chi connectivity index (χ0) is 43.8. The van der Waals surface area contributed by atoms with Crippen LogP contribution in [0.2, 0.25) is 0 Å². The van der Waals surface area contributed by atoms with Crippen molar-refractivity contribution >= 4 is 29.5 Å². The fourth-order valence-electron chi connectivity index (χ4n) is 6.59. The molecule has 5 fully saturated rings. The van der Waals surface area contributed by atoms with E-state index in [9.17, 15) is 24.0 Å². The van der Waals surface area contributed by atoms with E-state index in [0.717, 1.165) is 78.5 Å². The molecule has 372 valence electrons. The summed E-state index contributed by atoms with van der Waals surface area (Å²) in [6.07, 6.45) is 7.20. The van der Waals surface area contributed by atoms with Crippen LogP contribution in [0, 0.1) is 27.6 Å². The van der Waals surface area contributed by atoms with Crippen molar-refractivity contribution in [3.8, 4) is 0 Å². The average molecular weight is 887 g/mol. The fourth-order valence-corrected chi connectivity index (χ4v) is 6.59. The third kappa shape index (κ3) is 25.5. The predicted octanol–water partition coefficient (Wildman–Crippen LogP) is 9.45. The van der Waals surface area contributed by atoms with Gasteiger partial charge in [0, 0.05) is 106 Å². The van der Waals surface area contributed by atoms with Crippen LogP contribution >= 0.6 is 0 Å². The van der Waals surface area contributed by atoms with Crippen LogP contribution < -0.4 is 0 Å². The van der Waals surface area contributed by atoms with Crippen molar-refractivity contribution in [1.29, 1.82) is 0 Å². The standard InChI is InChI=1S/C10H19NO.C9H18N2O.C9H17NO2.C9H17NO.C8H15NO.5CH4/c1-10(2,3)9(12)11-7-5-4-6-8-11;1-8(2)9(12)11-6-4-10(3)5-7-11;1-9(2,3)8(11)10-4-6-12-7-5-10;1-9(2,3)8(11)10-6-4-5-7-10;1-8(2,3)7(10)9-5-4-6-9;;;;;/h4-8H2,1-3H3;8H,4-7H2,1-3H3;4-7H2,1-3H3;4-7H2,1-3H3;4-6H2,1-3H3;5*1H4. The summed E-state index contributed by atoms with van der Waals surface area (Å²) in [4.78, 5) is 69.9. The second-order valence-corrected chi connectivity index (χ2v) is 20.7. The Morgan fingerprint density at radius 2 is 0.629 bits per heavy atom. The molecule has 0 aliphatic carbocycles. The van der Waals surface area contributed by atoms with Gasteiger partial charge in [-0.2, -0.15) is 0 Å². The van der Waals surface area contributed by atoms with Gasteiger partial charge in [-0.05, 0) is 45.6 Å². The van der Waals surface area contributed by atoms with Crippen LogP contribution in [-0.4, -0.2) is 158 Å². The summed E-state index contributed by atoms with van der Waals surface area (Å²) >= 11 is 0. The number of carbonyl (C=O) groups is 5. The van der Waals surface area contributed by atoms with E-state index in [1.807, 2.05) is 121 Å². The molecule has 0 bridgehead atoms. The first-order chi connectivity index (χ1) is 26.2. The van der Waals surface area contributed by atoms with Gasteiger partial charge in [0.25, 0.3) is 0 Å². The molecule has 0 aromatic heterocycles. The quantitative estimate of drug-likeness (QED) is 0.258. The summed E-state index contributed by atoms with van der Waals surface area (Å²) < 4.78 is 5.17. The van der Waals surface area contributed by atoms with E-state index in [2.05, 4.69) is 11.9 Å². The summed E-state index contributed by atoms with van der Waals surface area (Å²) in [7, 11) is 2.09. The van der Waals surface area contributed by atoms with Crippen molar-refractivity contribution in [2.45, 2.75) is 173 Å². The van der Waals surface area contributed by atoms with Crippen LogP contribution in [0.5, 0.6) is 0 Å². The van der Waals surface area contributed by atoms with Crippen molar-refractivity contribution in [2.24, 2.45) is 27.6 Å².